The highest BCUT2D eigenvalue weighted by Gasteiger charge is 2.14. The van der Waals surface area contributed by atoms with Crippen molar-refractivity contribution in [1.82, 2.24) is 19.4 Å². The van der Waals surface area contributed by atoms with Crippen molar-refractivity contribution in [2.24, 2.45) is 7.05 Å². The monoisotopic (exact) mass is 364 g/mol. The number of fused-ring (bicyclic) bond motifs is 1. The Kier molecular flexibility index (Phi) is 4.53. The average molecular weight is 364 g/mol. The van der Waals surface area contributed by atoms with Gasteiger partial charge >= 0.3 is 0 Å². The Bertz CT molecular complexity index is 1020. The highest BCUT2D eigenvalue weighted by Crippen LogP contribution is 2.22. The minimum absolute atomic E-state index is 0.0846. The Morgan fingerprint density at radius 2 is 1.74 bits per heavy atom. The molecular formula is C20H24N6O. The van der Waals surface area contributed by atoms with Gasteiger partial charge in [-0.25, -0.2) is 9.97 Å². The van der Waals surface area contributed by atoms with Crippen LogP contribution < -0.4 is 15.8 Å². The van der Waals surface area contributed by atoms with E-state index in [0.29, 0.717) is 16.9 Å². The lowest BCUT2D eigenvalue weighted by Gasteiger charge is -2.34. The fourth-order valence-corrected chi connectivity index (χ4v) is 3.45. The van der Waals surface area contributed by atoms with Crippen molar-refractivity contribution in [2.45, 2.75) is 6.92 Å². The van der Waals surface area contributed by atoms with E-state index in [0.717, 1.165) is 37.4 Å². The molecule has 3 heterocycles. The summed E-state index contributed by atoms with van der Waals surface area (Å²) in [6.45, 7) is 6.22. The number of rotatable bonds is 3. The number of aromatic nitrogens is 3. The van der Waals surface area contributed by atoms with Crippen LogP contribution in [0.3, 0.4) is 0 Å². The summed E-state index contributed by atoms with van der Waals surface area (Å²) >= 11 is 0. The number of piperazine rings is 1. The Morgan fingerprint density at radius 3 is 2.44 bits per heavy atom. The SMILES string of the molecule is Cc1cn(C)c(=O)c2cnc(Nc3ccc(N4CCN(C)CC4)cc3)nc12. The van der Waals surface area contributed by atoms with Crippen LogP contribution in [0.1, 0.15) is 5.56 Å². The number of nitrogens with zero attached hydrogens (tertiary/aromatic N) is 5. The van der Waals surface area contributed by atoms with Gasteiger partial charge in [0.2, 0.25) is 5.95 Å². The van der Waals surface area contributed by atoms with Gasteiger partial charge in [-0.05, 0) is 43.8 Å². The van der Waals surface area contributed by atoms with E-state index < -0.39 is 0 Å². The van der Waals surface area contributed by atoms with E-state index >= 15 is 0 Å². The van der Waals surface area contributed by atoms with Crippen molar-refractivity contribution >= 4 is 28.2 Å². The average Bonchev–Trinajstić information content (AvgIpc) is 2.68. The van der Waals surface area contributed by atoms with E-state index in [2.05, 4.69) is 44.3 Å². The van der Waals surface area contributed by atoms with Crippen molar-refractivity contribution in [1.29, 1.82) is 0 Å². The van der Waals surface area contributed by atoms with Crippen LogP contribution in [0.15, 0.2) is 41.5 Å². The van der Waals surface area contributed by atoms with Gasteiger partial charge in [-0.3, -0.25) is 4.79 Å². The Balaban J connectivity index is 1.54. The molecule has 0 bridgehead atoms. The highest BCUT2D eigenvalue weighted by atomic mass is 16.1. The van der Waals surface area contributed by atoms with Crippen molar-refractivity contribution in [3.05, 3.63) is 52.6 Å². The number of anilines is 3. The number of aryl methyl sites for hydroxylation is 2. The molecule has 3 aromatic rings. The number of hydrogen-bond acceptors (Lipinski definition) is 6. The molecule has 0 saturated carbocycles. The Labute approximate surface area is 158 Å². The Morgan fingerprint density at radius 1 is 1.04 bits per heavy atom. The summed E-state index contributed by atoms with van der Waals surface area (Å²) in [6, 6.07) is 8.32. The van der Waals surface area contributed by atoms with Gasteiger partial charge in [-0.15, -0.1) is 0 Å². The van der Waals surface area contributed by atoms with Crippen LogP contribution in [0.25, 0.3) is 10.9 Å². The lowest BCUT2D eigenvalue weighted by Crippen LogP contribution is -2.44. The minimum atomic E-state index is -0.0846. The van der Waals surface area contributed by atoms with Gasteiger partial charge in [0.05, 0.1) is 10.9 Å². The van der Waals surface area contributed by atoms with Gasteiger partial charge in [0.15, 0.2) is 0 Å². The predicted molar refractivity (Wildman–Crippen MR) is 109 cm³/mol. The fourth-order valence-electron chi connectivity index (χ4n) is 3.45. The highest BCUT2D eigenvalue weighted by molar-refractivity contribution is 5.81. The maximum Gasteiger partial charge on any atom is 0.261 e. The van der Waals surface area contributed by atoms with E-state index in [1.165, 1.54) is 5.69 Å². The Hall–Kier alpha value is -2.93. The summed E-state index contributed by atoms with van der Waals surface area (Å²) in [7, 11) is 3.90. The van der Waals surface area contributed by atoms with Crippen LogP contribution in [-0.4, -0.2) is 52.7 Å². The third kappa shape index (κ3) is 3.50. The topological polar surface area (TPSA) is 66.3 Å². The smallest absolute Gasteiger partial charge is 0.261 e. The number of pyridine rings is 1. The molecule has 7 nitrogen and oxygen atoms in total. The number of benzene rings is 1. The molecule has 0 atom stereocenters. The molecule has 0 unspecified atom stereocenters. The molecule has 0 amide bonds. The van der Waals surface area contributed by atoms with E-state index in [-0.39, 0.29) is 5.56 Å². The van der Waals surface area contributed by atoms with Crippen LogP contribution in [0.2, 0.25) is 0 Å². The zero-order valence-corrected chi connectivity index (χ0v) is 15.9. The summed E-state index contributed by atoms with van der Waals surface area (Å²) in [5.74, 6) is 0.492. The largest absolute Gasteiger partial charge is 0.369 e. The van der Waals surface area contributed by atoms with Crippen LogP contribution in [-0.2, 0) is 7.05 Å². The quantitative estimate of drug-likeness (QED) is 0.768. The van der Waals surface area contributed by atoms with Crippen LogP contribution in [0.5, 0.6) is 0 Å². The van der Waals surface area contributed by atoms with Crippen molar-refractivity contribution < 1.29 is 0 Å². The first-order chi connectivity index (χ1) is 13.0. The number of likely N-dealkylation sites (N-methyl/N-ethyl adjacent to an activating group) is 1. The third-order valence-corrected chi connectivity index (χ3v) is 5.09. The van der Waals surface area contributed by atoms with Gasteiger partial charge < -0.3 is 19.7 Å². The molecule has 1 aliphatic heterocycles. The van der Waals surface area contributed by atoms with E-state index in [9.17, 15) is 4.79 Å². The molecule has 0 spiro atoms. The third-order valence-electron chi connectivity index (χ3n) is 5.09. The molecule has 1 saturated heterocycles. The van der Waals surface area contributed by atoms with E-state index in [1.807, 2.05) is 19.1 Å². The van der Waals surface area contributed by atoms with Gasteiger partial charge in [0.25, 0.3) is 5.56 Å². The molecule has 1 N–H and O–H groups in total. The first-order valence-electron chi connectivity index (χ1n) is 9.15. The zero-order valence-electron chi connectivity index (χ0n) is 15.9. The maximum absolute atomic E-state index is 12.2. The predicted octanol–water partition coefficient (Wildman–Crippen LogP) is 2.13. The van der Waals surface area contributed by atoms with Crippen molar-refractivity contribution in [2.75, 3.05) is 43.4 Å². The van der Waals surface area contributed by atoms with Crippen molar-refractivity contribution in [3.8, 4) is 0 Å². The number of hydrogen-bond donors (Lipinski definition) is 1. The van der Waals surface area contributed by atoms with E-state index in [4.69, 9.17) is 0 Å². The van der Waals surface area contributed by atoms with Crippen LogP contribution >= 0.6 is 0 Å². The fraction of sp³-hybridized carbons (Fsp3) is 0.350. The molecule has 0 radical (unpaired) electrons. The minimum Gasteiger partial charge on any atom is -0.369 e. The molecule has 1 aliphatic rings. The molecule has 4 rings (SSSR count). The van der Waals surface area contributed by atoms with Crippen molar-refractivity contribution in [3.63, 3.8) is 0 Å². The molecule has 1 fully saturated rings. The summed E-state index contributed by atoms with van der Waals surface area (Å²) in [4.78, 5) is 25.8. The van der Waals surface area contributed by atoms with Gasteiger partial charge in [0.1, 0.15) is 0 Å². The van der Waals surface area contributed by atoms with Gasteiger partial charge in [-0.1, -0.05) is 0 Å². The molecule has 2 aromatic heterocycles. The zero-order chi connectivity index (χ0) is 19.0. The second kappa shape index (κ2) is 7.00. The summed E-state index contributed by atoms with van der Waals surface area (Å²) < 4.78 is 1.56. The standard InChI is InChI=1S/C20H24N6O/c1-14-13-25(3)19(27)17-12-21-20(23-18(14)17)22-15-4-6-16(7-5-15)26-10-8-24(2)9-11-26/h4-7,12-13H,8-11H2,1-3H3,(H,21,22,23). The second-order valence-corrected chi connectivity index (χ2v) is 7.15. The molecule has 0 aliphatic carbocycles. The van der Waals surface area contributed by atoms with Gasteiger partial charge in [-0.2, -0.15) is 0 Å². The van der Waals surface area contributed by atoms with E-state index in [1.54, 1.807) is 24.0 Å². The first kappa shape index (κ1) is 17.5. The summed E-state index contributed by atoms with van der Waals surface area (Å²) in [5.41, 5.74) is 3.70. The lowest BCUT2D eigenvalue weighted by molar-refractivity contribution is 0.313. The molecular weight excluding hydrogens is 340 g/mol. The molecule has 27 heavy (non-hydrogen) atoms. The number of nitrogens with one attached hydrogen (secondary N) is 1. The van der Waals surface area contributed by atoms with Crippen LogP contribution in [0.4, 0.5) is 17.3 Å². The second-order valence-electron chi connectivity index (χ2n) is 7.15. The summed E-state index contributed by atoms with van der Waals surface area (Å²) in [6.07, 6.45) is 3.39. The maximum atomic E-state index is 12.2. The molecule has 7 heteroatoms. The lowest BCUT2D eigenvalue weighted by atomic mass is 10.2. The van der Waals surface area contributed by atoms with Crippen LogP contribution in [0, 0.1) is 6.92 Å². The summed E-state index contributed by atoms with van der Waals surface area (Å²) in [5, 5.41) is 3.77. The molecule has 140 valence electrons. The molecule has 1 aromatic carbocycles. The van der Waals surface area contributed by atoms with Gasteiger partial charge in [0, 0.05) is 57.0 Å². The first-order valence-corrected chi connectivity index (χ1v) is 9.15. The normalized spacial score (nSPS) is 15.3.